The summed E-state index contributed by atoms with van der Waals surface area (Å²) in [5.41, 5.74) is 2.96. The molecule has 0 aliphatic heterocycles. The zero-order valence-corrected chi connectivity index (χ0v) is 11.6. The van der Waals surface area contributed by atoms with E-state index >= 15 is 0 Å². The van der Waals surface area contributed by atoms with Gasteiger partial charge in [-0.2, -0.15) is 18.3 Å². The molecule has 0 amide bonds. The van der Waals surface area contributed by atoms with Gasteiger partial charge < -0.3 is 0 Å². The van der Waals surface area contributed by atoms with Crippen molar-refractivity contribution in [1.29, 1.82) is 0 Å². The van der Waals surface area contributed by atoms with Crippen molar-refractivity contribution in [1.82, 2.24) is 20.2 Å². The average Bonchev–Trinajstić information content (AvgIpc) is 2.81. The van der Waals surface area contributed by atoms with Gasteiger partial charge in [-0.1, -0.05) is 6.92 Å². The van der Waals surface area contributed by atoms with Gasteiger partial charge in [-0.25, -0.2) is 5.43 Å². The molecule has 2 heterocycles. The minimum absolute atomic E-state index is 0.0295. The van der Waals surface area contributed by atoms with Crippen LogP contribution in [0.25, 0.3) is 0 Å². The van der Waals surface area contributed by atoms with Crippen molar-refractivity contribution in [2.24, 2.45) is 12.9 Å². The van der Waals surface area contributed by atoms with E-state index in [1.807, 2.05) is 6.92 Å². The van der Waals surface area contributed by atoms with Crippen molar-refractivity contribution in [2.45, 2.75) is 25.6 Å². The summed E-state index contributed by atoms with van der Waals surface area (Å²) in [7, 11) is 1.67. The zero-order chi connectivity index (χ0) is 15.6. The maximum Gasteiger partial charge on any atom is 0.416 e. The molecular formula is C13H16F3N5. The molecular weight excluding hydrogens is 283 g/mol. The average molecular weight is 299 g/mol. The molecule has 0 bridgehead atoms. The monoisotopic (exact) mass is 299 g/mol. The van der Waals surface area contributed by atoms with Gasteiger partial charge in [0.25, 0.3) is 0 Å². The van der Waals surface area contributed by atoms with Crippen LogP contribution in [0.15, 0.2) is 24.5 Å². The Labute approximate surface area is 119 Å². The number of halogens is 3. The topological polar surface area (TPSA) is 68.8 Å². The van der Waals surface area contributed by atoms with Gasteiger partial charge in [-0.05, 0) is 18.6 Å². The Hall–Kier alpha value is -1.93. The molecule has 5 nitrogen and oxygen atoms in total. The number of hydrogen-bond acceptors (Lipinski definition) is 4. The molecule has 2 aromatic rings. The first-order chi connectivity index (χ1) is 9.88. The van der Waals surface area contributed by atoms with Crippen LogP contribution in [0.4, 0.5) is 13.2 Å². The van der Waals surface area contributed by atoms with E-state index in [0.717, 1.165) is 18.0 Å². The van der Waals surface area contributed by atoms with Crippen LogP contribution in [0.5, 0.6) is 0 Å². The number of alkyl halides is 3. The fraction of sp³-hybridized carbons (Fsp3) is 0.385. The molecule has 0 fully saturated rings. The van der Waals surface area contributed by atoms with E-state index < -0.39 is 17.8 Å². The summed E-state index contributed by atoms with van der Waals surface area (Å²) >= 11 is 0. The second kappa shape index (κ2) is 5.82. The number of nitrogens with zero attached hydrogens (tertiary/aromatic N) is 3. The number of rotatable bonds is 4. The molecule has 0 radical (unpaired) electrons. The smallest absolute Gasteiger partial charge is 0.271 e. The second-order valence-corrected chi connectivity index (χ2v) is 4.60. The Morgan fingerprint density at radius 3 is 2.67 bits per heavy atom. The Balaban J connectivity index is 2.54. The zero-order valence-electron chi connectivity index (χ0n) is 11.6. The van der Waals surface area contributed by atoms with Crippen LogP contribution in [0.2, 0.25) is 0 Å². The lowest BCUT2D eigenvalue weighted by molar-refractivity contribution is -0.138. The summed E-state index contributed by atoms with van der Waals surface area (Å²) in [5, 5.41) is 4.23. The summed E-state index contributed by atoms with van der Waals surface area (Å²) in [4.78, 5) is 3.78. The van der Waals surface area contributed by atoms with Gasteiger partial charge in [0.15, 0.2) is 0 Å². The standard InChI is InChI=1S/C13H16F3N5/c1-3-8-6-11(21(2)20-8)12(19-17)9-7-18-5-4-10(9)13(14,15)16/h4-7,12,19H,3,17H2,1-2H3. The summed E-state index contributed by atoms with van der Waals surface area (Å²) in [5.74, 6) is 5.48. The van der Waals surface area contributed by atoms with Crippen LogP contribution in [-0.4, -0.2) is 14.8 Å². The number of hydrogen-bond donors (Lipinski definition) is 2. The molecule has 1 atom stereocenters. The molecule has 3 N–H and O–H groups in total. The lowest BCUT2D eigenvalue weighted by atomic mass is 10.00. The molecule has 0 saturated heterocycles. The number of nitrogens with two attached hydrogens (primary N) is 1. The fourth-order valence-electron chi connectivity index (χ4n) is 2.22. The van der Waals surface area contributed by atoms with Crippen molar-refractivity contribution in [3.8, 4) is 0 Å². The fourth-order valence-corrected chi connectivity index (χ4v) is 2.22. The van der Waals surface area contributed by atoms with Crippen molar-refractivity contribution in [3.05, 3.63) is 47.0 Å². The third kappa shape index (κ3) is 3.06. The van der Waals surface area contributed by atoms with E-state index in [0.29, 0.717) is 12.1 Å². The van der Waals surface area contributed by atoms with Crippen LogP contribution < -0.4 is 11.3 Å². The molecule has 0 aliphatic carbocycles. The highest BCUT2D eigenvalue weighted by Crippen LogP contribution is 2.35. The number of aromatic nitrogens is 3. The Morgan fingerprint density at radius 2 is 2.14 bits per heavy atom. The third-order valence-electron chi connectivity index (χ3n) is 3.26. The van der Waals surface area contributed by atoms with E-state index in [-0.39, 0.29) is 5.56 Å². The number of hydrazine groups is 1. The first kappa shape index (κ1) is 15.5. The largest absolute Gasteiger partial charge is 0.416 e. The SMILES string of the molecule is CCc1cc(C(NN)c2cnccc2C(F)(F)F)n(C)n1. The first-order valence-corrected chi connectivity index (χ1v) is 6.38. The van der Waals surface area contributed by atoms with E-state index in [2.05, 4.69) is 15.5 Å². The molecule has 2 aromatic heterocycles. The Bertz CT molecular complexity index is 621. The second-order valence-electron chi connectivity index (χ2n) is 4.60. The molecule has 21 heavy (non-hydrogen) atoms. The summed E-state index contributed by atoms with van der Waals surface area (Å²) in [6.07, 6.45) is -1.50. The van der Waals surface area contributed by atoms with Gasteiger partial charge in [-0.15, -0.1) is 0 Å². The quantitative estimate of drug-likeness (QED) is 0.669. The molecule has 114 valence electrons. The van der Waals surface area contributed by atoms with Crippen molar-refractivity contribution in [2.75, 3.05) is 0 Å². The van der Waals surface area contributed by atoms with Crippen LogP contribution in [-0.2, 0) is 19.6 Å². The van der Waals surface area contributed by atoms with E-state index in [9.17, 15) is 13.2 Å². The number of aryl methyl sites for hydroxylation is 2. The maximum absolute atomic E-state index is 13.1. The number of pyridine rings is 1. The molecule has 2 rings (SSSR count). The van der Waals surface area contributed by atoms with E-state index in [1.54, 1.807) is 13.1 Å². The van der Waals surface area contributed by atoms with Crippen molar-refractivity contribution >= 4 is 0 Å². The highest BCUT2D eigenvalue weighted by Gasteiger charge is 2.36. The molecule has 1 unspecified atom stereocenters. The van der Waals surface area contributed by atoms with Crippen LogP contribution >= 0.6 is 0 Å². The molecule has 0 saturated carbocycles. The van der Waals surface area contributed by atoms with Crippen molar-refractivity contribution < 1.29 is 13.2 Å². The number of nitrogens with one attached hydrogen (secondary N) is 1. The Kier molecular flexibility index (Phi) is 4.29. The predicted octanol–water partition coefficient (Wildman–Crippen LogP) is 1.95. The van der Waals surface area contributed by atoms with Gasteiger partial charge in [0.2, 0.25) is 0 Å². The summed E-state index contributed by atoms with van der Waals surface area (Å²) in [6, 6.07) is 1.84. The highest BCUT2D eigenvalue weighted by molar-refractivity contribution is 5.35. The molecule has 0 spiro atoms. The molecule has 0 aliphatic rings. The lowest BCUT2D eigenvalue weighted by Crippen LogP contribution is -2.32. The minimum Gasteiger partial charge on any atom is -0.271 e. The van der Waals surface area contributed by atoms with E-state index in [4.69, 9.17) is 5.84 Å². The third-order valence-corrected chi connectivity index (χ3v) is 3.26. The van der Waals surface area contributed by atoms with Gasteiger partial charge in [-0.3, -0.25) is 15.5 Å². The minimum atomic E-state index is -4.47. The van der Waals surface area contributed by atoms with Gasteiger partial charge in [0.1, 0.15) is 0 Å². The normalized spacial score (nSPS) is 13.4. The Morgan fingerprint density at radius 1 is 1.43 bits per heavy atom. The van der Waals surface area contributed by atoms with Crippen LogP contribution in [0.3, 0.4) is 0 Å². The highest BCUT2D eigenvalue weighted by atomic mass is 19.4. The van der Waals surface area contributed by atoms with Crippen LogP contribution in [0, 0.1) is 0 Å². The first-order valence-electron chi connectivity index (χ1n) is 6.38. The van der Waals surface area contributed by atoms with Gasteiger partial charge in [0, 0.05) is 25.0 Å². The summed E-state index contributed by atoms with van der Waals surface area (Å²) < 4.78 is 40.9. The van der Waals surface area contributed by atoms with Crippen molar-refractivity contribution in [3.63, 3.8) is 0 Å². The predicted molar refractivity (Wildman–Crippen MR) is 71.0 cm³/mol. The molecule has 8 heteroatoms. The van der Waals surface area contributed by atoms with E-state index in [1.165, 1.54) is 10.9 Å². The lowest BCUT2D eigenvalue weighted by Gasteiger charge is -2.20. The molecule has 0 aromatic carbocycles. The van der Waals surface area contributed by atoms with Gasteiger partial charge in [0.05, 0.1) is 23.0 Å². The summed E-state index contributed by atoms with van der Waals surface area (Å²) in [6.45, 7) is 1.92. The van der Waals surface area contributed by atoms with Gasteiger partial charge >= 0.3 is 6.18 Å². The maximum atomic E-state index is 13.1. The van der Waals surface area contributed by atoms with Crippen LogP contribution in [0.1, 0.15) is 35.5 Å².